The average molecular weight is 1180 g/mol. The van der Waals surface area contributed by atoms with Crippen molar-refractivity contribution in [3.05, 3.63) is 152 Å². The Balaban J connectivity index is 1.07. The molecule has 0 spiro atoms. The van der Waals surface area contributed by atoms with Gasteiger partial charge in [-0.1, -0.05) is 135 Å². The first-order valence-corrected chi connectivity index (χ1v) is 32.4. The van der Waals surface area contributed by atoms with E-state index in [2.05, 4.69) is 181 Å². The zero-order valence-electron chi connectivity index (χ0n) is 56.4. The maximum atomic E-state index is 16.4. The molecule has 0 bridgehead atoms. The quantitative estimate of drug-likeness (QED) is 0.114. The van der Waals surface area contributed by atoms with E-state index in [1.165, 1.54) is 70.7 Å². The van der Waals surface area contributed by atoms with Gasteiger partial charge in [-0.2, -0.15) is 0 Å². The van der Waals surface area contributed by atoms with Gasteiger partial charge in [0, 0.05) is 50.8 Å². The third-order valence-corrected chi connectivity index (χ3v) is 18.8. The molecule has 464 valence electrons. The number of nitrogens with zero attached hydrogens (tertiary/aromatic N) is 2. The van der Waals surface area contributed by atoms with Crippen molar-refractivity contribution in [1.82, 2.24) is 9.13 Å². The maximum absolute atomic E-state index is 16.4. The fourth-order valence-electron chi connectivity index (χ4n) is 15.4. The summed E-state index contributed by atoms with van der Waals surface area (Å²) in [6, 6.07) is 28.0. The van der Waals surface area contributed by atoms with Gasteiger partial charge in [-0.05, 0) is 230 Å². The summed E-state index contributed by atoms with van der Waals surface area (Å²) in [5.74, 6) is 0.276. The van der Waals surface area contributed by atoms with Crippen molar-refractivity contribution in [2.45, 2.75) is 243 Å². The Kier molecular flexibility index (Phi) is 16.6. The van der Waals surface area contributed by atoms with Crippen LogP contribution in [-0.2, 0) is 47.3 Å². The first-order valence-electron chi connectivity index (χ1n) is 32.4. The van der Waals surface area contributed by atoms with Crippen molar-refractivity contribution in [1.29, 1.82) is 0 Å². The van der Waals surface area contributed by atoms with Crippen LogP contribution in [-0.4, -0.2) is 31.6 Å². The topological polar surface area (TPSA) is 68.8 Å². The number of hydrogen-bond acceptors (Lipinski definition) is 4. The highest BCUT2D eigenvalue weighted by atomic mass is 19.1. The number of benzene rings is 6. The van der Waals surface area contributed by atoms with E-state index in [-0.39, 0.29) is 44.0 Å². The van der Waals surface area contributed by atoms with E-state index in [1.807, 2.05) is 27.7 Å². The molecule has 0 radical (unpaired) electrons. The molecule has 0 saturated heterocycles. The molecule has 8 aromatic rings. The fourth-order valence-corrected chi connectivity index (χ4v) is 15.4. The largest absolute Gasteiger partial charge is 0.505 e. The lowest BCUT2D eigenvalue weighted by Crippen LogP contribution is -2.25. The van der Waals surface area contributed by atoms with E-state index in [4.69, 9.17) is 9.47 Å². The lowest BCUT2D eigenvalue weighted by molar-refractivity contribution is 0.130. The first kappa shape index (κ1) is 63.5. The number of rotatable bonds is 14. The minimum Gasteiger partial charge on any atom is -0.505 e. The van der Waals surface area contributed by atoms with Crippen molar-refractivity contribution in [3.63, 3.8) is 0 Å². The van der Waals surface area contributed by atoms with Crippen LogP contribution in [0.25, 0.3) is 55.4 Å². The van der Waals surface area contributed by atoms with Crippen molar-refractivity contribution in [3.8, 4) is 56.6 Å². The van der Waals surface area contributed by atoms with Crippen LogP contribution >= 0.6 is 0 Å². The lowest BCUT2D eigenvalue weighted by atomic mass is 9.71. The van der Waals surface area contributed by atoms with Crippen LogP contribution in [0.4, 0.5) is 8.78 Å². The number of aryl methyl sites for hydroxylation is 2. The van der Waals surface area contributed by atoms with Crippen LogP contribution in [0.1, 0.15) is 225 Å². The summed E-state index contributed by atoms with van der Waals surface area (Å²) < 4.78 is 51.3. The van der Waals surface area contributed by atoms with E-state index >= 15 is 8.78 Å². The molecule has 6 aromatic carbocycles. The number of hydrogen-bond donors (Lipinski definition) is 2. The SMILES string of the molecule is Cc1cc(F)cc(-c2cc(C(C)(C)CC(C)(C)C)cc(-n3c4c(c5c3CCCC5)CCCC4)c2O)c1O[C@H](C)C[C@@H](C)Oc1c(C)cc(F)cc1-c1cc(C(C)(C)CC(C)(C)C)cc(-n2c3cc(C(C)(C)C)ccc3c3ccc(C(C)(C)C)cc32)c1O. The highest BCUT2D eigenvalue weighted by Crippen LogP contribution is 2.51. The Labute approximate surface area is 519 Å². The monoisotopic (exact) mass is 1180 g/mol. The predicted octanol–water partition coefficient (Wildman–Crippen LogP) is 21.6. The molecule has 2 aliphatic rings. The molecular weight excluding hydrogens is 1080 g/mol. The molecule has 87 heavy (non-hydrogen) atoms. The van der Waals surface area contributed by atoms with Crippen LogP contribution in [0.3, 0.4) is 0 Å². The summed E-state index contributed by atoms with van der Waals surface area (Å²) in [7, 11) is 0. The third-order valence-electron chi connectivity index (χ3n) is 18.8. The third kappa shape index (κ3) is 12.7. The molecule has 0 amide bonds. The molecule has 2 aromatic heterocycles. The van der Waals surface area contributed by atoms with Crippen LogP contribution in [0.15, 0.2) is 84.9 Å². The minimum absolute atomic E-state index is 0.00988. The summed E-state index contributed by atoms with van der Waals surface area (Å²) in [6.45, 7) is 43.8. The second-order valence-corrected chi connectivity index (χ2v) is 32.2. The Morgan fingerprint density at radius 2 is 0.816 bits per heavy atom. The Bertz CT molecular complexity index is 3850. The van der Waals surface area contributed by atoms with Crippen molar-refractivity contribution in [2.24, 2.45) is 10.8 Å². The normalized spacial score (nSPS) is 15.2. The second-order valence-electron chi connectivity index (χ2n) is 32.2. The van der Waals surface area contributed by atoms with E-state index in [0.29, 0.717) is 57.0 Å². The molecular formula is C79H100F2N2O4. The molecule has 0 aliphatic heterocycles. The van der Waals surface area contributed by atoms with Crippen molar-refractivity contribution in [2.75, 3.05) is 0 Å². The first-order chi connectivity index (χ1) is 40.4. The molecule has 10 rings (SSSR count). The minimum atomic E-state index is -0.481. The highest BCUT2D eigenvalue weighted by Gasteiger charge is 2.36. The fraction of sp³-hybridized carbons (Fsp3) is 0.494. The van der Waals surface area contributed by atoms with Crippen molar-refractivity contribution >= 4 is 21.8 Å². The number of aromatic hydroxyl groups is 2. The van der Waals surface area contributed by atoms with Crippen LogP contribution < -0.4 is 9.47 Å². The smallest absolute Gasteiger partial charge is 0.147 e. The average Bonchev–Trinajstić information content (AvgIpc) is 1.71. The van der Waals surface area contributed by atoms with Crippen molar-refractivity contribution < 1.29 is 28.5 Å². The summed E-state index contributed by atoms with van der Waals surface area (Å²) in [4.78, 5) is 0. The maximum Gasteiger partial charge on any atom is 0.147 e. The summed E-state index contributed by atoms with van der Waals surface area (Å²) in [5, 5.41) is 28.4. The molecule has 0 unspecified atom stereocenters. The summed E-state index contributed by atoms with van der Waals surface area (Å²) in [6.07, 6.45) is 9.77. The molecule has 0 saturated carbocycles. The zero-order chi connectivity index (χ0) is 63.4. The molecule has 2 aliphatic carbocycles. The van der Waals surface area contributed by atoms with Crippen LogP contribution in [0.5, 0.6) is 23.0 Å². The number of fused-ring (bicyclic) bond motifs is 6. The second kappa shape index (κ2) is 22.8. The molecule has 2 N–H and O–H groups in total. The molecule has 2 heterocycles. The van der Waals surface area contributed by atoms with Gasteiger partial charge in [0.1, 0.15) is 34.6 Å². The van der Waals surface area contributed by atoms with Crippen LogP contribution in [0, 0.1) is 36.3 Å². The Hall–Kier alpha value is -6.54. The summed E-state index contributed by atoms with van der Waals surface area (Å²) in [5.41, 5.74) is 15.5. The predicted molar refractivity (Wildman–Crippen MR) is 360 cm³/mol. The number of aromatic nitrogens is 2. The van der Waals surface area contributed by atoms with Gasteiger partial charge >= 0.3 is 0 Å². The van der Waals surface area contributed by atoms with E-state index in [9.17, 15) is 10.2 Å². The van der Waals surface area contributed by atoms with Gasteiger partial charge in [-0.15, -0.1) is 0 Å². The van der Waals surface area contributed by atoms with Gasteiger partial charge in [0.2, 0.25) is 0 Å². The number of ether oxygens (including phenoxy) is 2. The zero-order valence-corrected chi connectivity index (χ0v) is 56.4. The van der Waals surface area contributed by atoms with E-state index in [0.717, 1.165) is 90.0 Å². The van der Waals surface area contributed by atoms with Gasteiger partial charge in [-0.3, -0.25) is 0 Å². The van der Waals surface area contributed by atoms with Crippen LogP contribution in [0.2, 0.25) is 0 Å². The van der Waals surface area contributed by atoms with Gasteiger partial charge in [0.25, 0.3) is 0 Å². The standard InChI is InChI=1S/C79H100F2N2O4/c1-46-33-54(80)42-62(60-36-52(78(17,18)44-74(5,6)7)40-68(70(60)84)82-64-27-23-21-25-56(64)57-26-22-24-28-65(57)82)72(46)86-48(3)35-49(4)87-73-47(2)34-55(81)43-63(73)61-37-53(79(19,20)45-75(8,9)10)41-69(71(61)85)83-66-38-50(76(11,12)13)29-31-58(66)59-32-30-51(39-67(59)83)77(14,15)16/h29-34,36-43,48-49,84-85H,21-28,35,44-45H2,1-20H3/t48-,49-/m1/s1. The number of phenolic OH excluding ortho intramolecular Hbond substituents is 2. The Morgan fingerprint density at radius 3 is 1.18 bits per heavy atom. The summed E-state index contributed by atoms with van der Waals surface area (Å²) >= 11 is 0. The van der Waals surface area contributed by atoms with Gasteiger partial charge in [-0.25, -0.2) is 8.78 Å². The number of halogens is 2. The molecule has 2 atom stereocenters. The lowest BCUT2D eigenvalue weighted by Gasteiger charge is -2.34. The molecule has 0 fully saturated rings. The van der Waals surface area contributed by atoms with E-state index in [1.54, 1.807) is 0 Å². The van der Waals surface area contributed by atoms with Gasteiger partial charge in [0.15, 0.2) is 0 Å². The molecule has 6 nitrogen and oxygen atoms in total. The highest BCUT2D eigenvalue weighted by molar-refractivity contribution is 6.10. The molecule has 8 heteroatoms. The van der Waals surface area contributed by atoms with E-state index < -0.39 is 23.8 Å². The van der Waals surface area contributed by atoms with Gasteiger partial charge in [0.05, 0.1) is 34.6 Å². The Morgan fingerprint density at radius 1 is 0.448 bits per heavy atom. The number of phenols is 2. The van der Waals surface area contributed by atoms with Gasteiger partial charge < -0.3 is 28.8 Å².